The van der Waals surface area contributed by atoms with Crippen LogP contribution in [0, 0.1) is 0 Å². The molecule has 1 aliphatic carbocycles. The number of halogens is 1. The summed E-state index contributed by atoms with van der Waals surface area (Å²) >= 11 is 7.73. The second kappa shape index (κ2) is 9.53. The number of fused-ring (bicyclic) bond motifs is 1. The summed E-state index contributed by atoms with van der Waals surface area (Å²) in [6.45, 7) is 3.83. The Morgan fingerprint density at radius 3 is 2.78 bits per heavy atom. The number of rotatable bonds is 6. The van der Waals surface area contributed by atoms with Gasteiger partial charge in [0.2, 0.25) is 0 Å². The number of guanidine groups is 1. The van der Waals surface area contributed by atoms with Crippen LogP contribution in [0.4, 0.5) is 0 Å². The van der Waals surface area contributed by atoms with E-state index in [0.29, 0.717) is 11.6 Å². The molecular formula is C20H27ClN4OS. The fourth-order valence-electron chi connectivity index (χ4n) is 3.18. The van der Waals surface area contributed by atoms with Crippen LogP contribution in [0.2, 0.25) is 5.02 Å². The molecule has 0 aliphatic heterocycles. The van der Waals surface area contributed by atoms with E-state index in [-0.39, 0.29) is 0 Å². The van der Waals surface area contributed by atoms with Crippen molar-refractivity contribution < 1.29 is 5.11 Å². The van der Waals surface area contributed by atoms with Gasteiger partial charge < -0.3 is 15.3 Å². The summed E-state index contributed by atoms with van der Waals surface area (Å²) in [5.41, 5.74) is 2.10. The van der Waals surface area contributed by atoms with Crippen molar-refractivity contribution in [2.75, 3.05) is 20.1 Å². The zero-order valence-corrected chi connectivity index (χ0v) is 17.5. The van der Waals surface area contributed by atoms with Gasteiger partial charge in [-0.15, -0.1) is 11.3 Å². The van der Waals surface area contributed by atoms with Crippen LogP contribution in [0.15, 0.2) is 29.3 Å². The lowest BCUT2D eigenvalue weighted by atomic mass is 10.0. The molecule has 1 unspecified atom stereocenters. The van der Waals surface area contributed by atoms with Gasteiger partial charge in [-0.1, -0.05) is 23.7 Å². The minimum absolute atomic E-state index is 0.294. The largest absolute Gasteiger partial charge is 0.386 e. The van der Waals surface area contributed by atoms with Crippen molar-refractivity contribution in [2.24, 2.45) is 4.99 Å². The van der Waals surface area contributed by atoms with Crippen LogP contribution in [0.25, 0.3) is 0 Å². The first-order valence-corrected chi connectivity index (χ1v) is 10.7. The Morgan fingerprint density at radius 2 is 2.07 bits per heavy atom. The highest BCUT2D eigenvalue weighted by Crippen LogP contribution is 2.27. The predicted molar refractivity (Wildman–Crippen MR) is 113 cm³/mol. The summed E-state index contributed by atoms with van der Waals surface area (Å²) in [4.78, 5) is 13.0. The maximum absolute atomic E-state index is 10.4. The number of hydrogen-bond donors (Lipinski definition) is 2. The summed E-state index contributed by atoms with van der Waals surface area (Å²) in [7, 11) is 2.01. The summed E-state index contributed by atoms with van der Waals surface area (Å²) in [5, 5.41) is 15.5. The molecule has 2 N–H and O–H groups in total. The smallest absolute Gasteiger partial charge is 0.194 e. The Labute approximate surface area is 170 Å². The van der Waals surface area contributed by atoms with Crippen LogP contribution in [-0.2, 0) is 19.4 Å². The minimum atomic E-state index is -0.656. The third kappa shape index (κ3) is 5.43. The number of thiazole rings is 1. The Balaban J connectivity index is 1.65. The van der Waals surface area contributed by atoms with Gasteiger partial charge >= 0.3 is 0 Å². The van der Waals surface area contributed by atoms with Gasteiger partial charge in [0.15, 0.2) is 5.96 Å². The van der Waals surface area contributed by atoms with E-state index >= 15 is 0 Å². The van der Waals surface area contributed by atoms with Crippen molar-refractivity contribution in [3.63, 3.8) is 0 Å². The van der Waals surface area contributed by atoms with Crippen LogP contribution in [0.3, 0.4) is 0 Å². The highest BCUT2D eigenvalue weighted by molar-refractivity contribution is 7.11. The molecule has 5 nitrogen and oxygen atoms in total. The van der Waals surface area contributed by atoms with E-state index in [1.165, 1.54) is 23.4 Å². The normalized spacial score (nSPS) is 15.3. The van der Waals surface area contributed by atoms with E-state index < -0.39 is 6.10 Å². The number of aliphatic imine (C=N–C) groups is 1. The topological polar surface area (TPSA) is 60.8 Å². The highest BCUT2D eigenvalue weighted by atomic mass is 35.5. The monoisotopic (exact) mass is 406 g/mol. The first-order valence-electron chi connectivity index (χ1n) is 9.47. The quantitative estimate of drug-likeness (QED) is 0.565. The van der Waals surface area contributed by atoms with Gasteiger partial charge in [-0.2, -0.15) is 0 Å². The van der Waals surface area contributed by atoms with E-state index in [1.54, 1.807) is 12.1 Å². The van der Waals surface area contributed by atoms with Crippen molar-refractivity contribution in [1.29, 1.82) is 0 Å². The molecule has 0 amide bonds. The van der Waals surface area contributed by atoms with Gasteiger partial charge in [0.25, 0.3) is 0 Å². The molecule has 1 aromatic carbocycles. The van der Waals surface area contributed by atoms with Gasteiger partial charge in [0, 0.05) is 23.5 Å². The molecule has 0 saturated carbocycles. The molecular weight excluding hydrogens is 380 g/mol. The first kappa shape index (κ1) is 20.1. The molecule has 0 fully saturated rings. The second-order valence-corrected chi connectivity index (χ2v) is 8.41. The molecule has 1 atom stereocenters. The molecule has 146 valence electrons. The lowest BCUT2D eigenvalue weighted by Crippen LogP contribution is -2.38. The predicted octanol–water partition coefficient (Wildman–Crippen LogP) is 3.81. The Kier molecular flexibility index (Phi) is 7.10. The SMILES string of the molecule is CCNC(=NCC(O)c1ccc(Cl)cc1)N(C)Cc1nc2c(s1)CCCC2. The maximum Gasteiger partial charge on any atom is 0.194 e. The molecule has 3 rings (SSSR count). The standard InChI is InChI=1S/C20H27ClN4OS/c1-3-22-20(23-12-17(26)14-8-10-15(21)11-9-14)25(2)13-19-24-16-6-4-5-7-18(16)27-19/h8-11,17,26H,3-7,12-13H2,1-2H3,(H,22,23). The van der Waals surface area contributed by atoms with Crippen LogP contribution < -0.4 is 5.32 Å². The van der Waals surface area contributed by atoms with Crippen molar-refractivity contribution in [1.82, 2.24) is 15.2 Å². The third-order valence-electron chi connectivity index (χ3n) is 4.63. The highest BCUT2D eigenvalue weighted by Gasteiger charge is 2.17. The van der Waals surface area contributed by atoms with Crippen LogP contribution in [-0.4, -0.2) is 41.1 Å². The molecule has 27 heavy (non-hydrogen) atoms. The van der Waals surface area contributed by atoms with Crippen LogP contribution in [0.5, 0.6) is 0 Å². The zero-order valence-electron chi connectivity index (χ0n) is 15.9. The minimum Gasteiger partial charge on any atom is -0.386 e. The van der Waals surface area contributed by atoms with Crippen LogP contribution >= 0.6 is 22.9 Å². The number of nitrogens with zero attached hydrogens (tertiary/aromatic N) is 3. The number of aliphatic hydroxyl groups excluding tert-OH is 1. The molecule has 0 saturated heterocycles. The van der Waals surface area contributed by atoms with Gasteiger partial charge in [-0.25, -0.2) is 4.98 Å². The van der Waals surface area contributed by atoms with Crippen molar-refractivity contribution in [3.05, 3.63) is 50.4 Å². The van der Waals surface area contributed by atoms with Crippen LogP contribution in [0.1, 0.15) is 47.0 Å². The number of hydrogen-bond acceptors (Lipinski definition) is 4. The average molecular weight is 407 g/mol. The third-order valence-corrected chi connectivity index (χ3v) is 6.02. The lowest BCUT2D eigenvalue weighted by molar-refractivity contribution is 0.186. The zero-order chi connectivity index (χ0) is 19.2. The number of benzene rings is 1. The van der Waals surface area contributed by atoms with E-state index in [4.69, 9.17) is 16.6 Å². The van der Waals surface area contributed by atoms with E-state index in [9.17, 15) is 5.11 Å². The summed E-state index contributed by atoms with van der Waals surface area (Å²) < 4.78 is 0. The number of aliphatic hydroxyl groups is 1. The fraction of sp³-hybridized carbons (Fsp3) is 0.500. The average Bonchev–Trinajstić information content (AvgIpc) is 3.07. The Hall–Kier alpha value is -1.63. The van der Waals surface area contributed by atoms with E-state index in [0.717, 1.165) is 42.5 Å². The molecule has 7 heteroatoms. The Bertz CT molecular complexity index is 751. The van der Waals surface area contributed by atoms with Gasteiger partial charge in [0.05, 0.1) is 24.9 Å². The molecule has 1 heterocycles. The maximum atomic E-state index is 10.4. The molecule has 1 aromatic heterocycles. The molecule has 0 radical (unpaired) electrons. The summed E-state index contributed by atoms with van der Waals surface area (Å²) in [6.07, 6.45) is 4.14. The van der Waals surface area contributed by atoms with Crippen molar-refractivity contribution >= 4 is 28.9 Å². The van der Waals surface area contributed by atoms with Gasteiger partial charge in [-0.3, -0.25) is 4.99 Å². The van der Waals surface area contributed by atoms with E-state index in [2.05, 4.69) is 15.2 Å². The summed E-state index contributed by atoms with van der Waals surface area (Å²) in [5.74, 6) is 0.777. The van der Waals surface area contributed by atoms with Gasteiger partial charge in [-0.05, 0) is 50.3 Å². The lowest BCUT2D eigenvalue weighted by Gasteiger charge is -2.21. The molecule has 2 aromatic rings. The first-order chi connectivity index (χ1) is 13.1. The molecule has 1 aliphatic rings. The van der Waals surface area contributed by atoms with E-state index in [1.807, 2.05) is 37.4 Å². The second-order valence-electron chi connectivity index (χ2n) is 6.80. The van der Waals surface area contributed by atoms with Crippen molar-refractivity contribution in [2.45, 2.75) is 45.3 Å². The fourth-order valence-corrected chi connectivity index (χ4v) is 4.52. The molecule has 0 bridgehead atoms. The number of nitrogens with one attached hydrogen (secondary N) is 1. The van der Waals surface area contributed by atoms with Gasteiger partial charge in [0.1, 0.15) is 5.01 Å². The summed E-state index contributed by atoms with van der Waals surface area (Å²) in [6, 6.07) is 7.23. The Morgan fingerprint density at radius 1 is 1.33 bits per heavy atom. The molecule has 0 spiro atoms. The number of aromatic nitrogens is 1. The number of aryl methyl sites for hydroxylation is 2. The van der Waals surface area contributed by atoms with Crippen molar-refractivity contribution in [3.8, 4) is 0 Å².